The molecular formula is C18H22ClN5O3. The maximum atomic E-state index is 12.8. The number of amides is 3. The van der Waals surface area contributed by atoms with Gasteiger partial charge in [-0.2, -0.15) is 4.98 Å². The fourth-order valence-electron chi connectivity index (χ4n) is 3.10. The van der Waals surface area contributed by atoms with Gasteiger partial charge in [0.1, 0.15) is 6.04 Å². The molecule has 1 aliphatic heterocycles. The Morgan fingerprint density at radius 1 is 1.37 bits per heavy atom. The van der Waals surface area contributed by atoms with E-state index in [4.69, 9.17) is 16.1 Å². The van der Waals surface area contributed by atoms with Gasteiger partial charge in [-0.3, -0.25) is 4.79 Å². The summed E-state index contributed by atoms with van der Waals surface area (Å²) in [5.41, 5.74) is 0.614. The first-order valence-corrected chi connectivity index (χ1v) is 9.27. The number of halogens is 1. The summed E-state index contributed by atoms with van der Waals surface area (Å²) >= 11 is 5.98. The highest BCUT2D eigenvalue weighted by molar-refractivity contribution is 6.30. The van der Waals surface area contributed by atoms with E-state index in [1.54, 1.807) is 41.0 Å². The fraction of sp³-hybridized carbons (Fsp3) is 0.444. The number of urea groups is 1. The zero-order valence-corrected chi connectivity index (χ0v) is 16.1. The fourth-order valence-corrected chi connectivity index (χ4v) is 3.29. The summed E-state index contributed by atoms with van der Waals surface area (Å²) in [5, 5.41) is 7.22. The Kier molecular flexibility index (Phi) is 5.95. The van der Waals surface area contributed by atoms with E-state index >= 15 is 0 Å². The smallest absolute Gasteiger partial charge is 0.321 e. The highest BCUT2D eigenvalue weighted by atomic mass is 35.5. The molecule has 0 aliphatic carbocycles. The maximum absolute atomic E-state index is 12.8. The molecule has 9 heteroatoms. The number of anilines is 1. The molecule has 3 rings (SSSR count). The van der Waals surface area contributed by atoms with E-state index in [1.165, 1.54) is 0 Å². The number of carbonyl (C=O) groups excluding carboxylic acids is 2. The lowest BCUT2D eigenvalue weighted by Crippen LogP contribution is -2.41. The van der Waals surface area contributed by atoms with E-state index in [9.17, 15) is 9.59 Å². The van der Waals surface area contributed by atoms with Crippen molar-refractivity contribution in [3.63, 3.8) is 0 Å². The number of hydrogen-bond acceptors (Lipinski definition) is 5. The van der Waals surface area contributed by atoms with Crippen LogP contribution >= 0.6 is 11.6 Å². The molecule has 144 valence electrons. The summed E-state index contributed by atoms with van der Waals surface area (Å²) < 4.78 is 5.32. The van der Waals surface area contributed by atoms with Crippen LogP contribution in [0.15, 0.2) is 28.8 Å². The van der Waals surface area contributed by atoms with Gasteiger partial charge in [-0.05, 0) is 31.5 Å². The minimum atomic E-state index is -0.466. The van der Waals surface area contributed by atoms with E-state index < -0.39 is 6.04 Å². The molecule has 1 aromatic carbocycles. The molecular weight excluding hydrogens is 370 g/mol. The Bertz CT molecular complexity index is 825. The van der Waals surface area contributed by atoms with E-state index in [0.717, 1.165) is 0 Å². The number of hydrogen-bond donors (Lipinski definition) is 1. The highest BCUT2D eigenvalue weighted by Crippen LogP contribution is 2.25. The molecule has 1 N–H and O–H groups in total. The van der Waals surface area contributed by atoms with Crippen molar-refractivity contribution in [1.29, 1.82) is 0 Å². The summed E-state index contributed by atoms with van der Waals surface area (Å²) in [4.78, 5) is 32.8. The lowest BCUT2D eigenvalue weighted by Gasteiger charge is -2.29. The van der Waals surface area contributed by atoms with Gasteiger partial charge in [-0.25, -0.2) is 4.79 Å². The zero-order chi connectivity index (χ0) is 19.4. The summed E-state index contributed by atoms with van der Waals surface area (Å²) in [7, 11) is 0. The number of nitrogens with zero attached hydrogens (tertiary/aromatic N) is 4. The first-order valence-electron chi connectivity index (χ1n) is 8.89. The van der Waals surface area contributed by atoms with Crippen LogP contribution in [0, 0.1) is 6.92 Å². The van der Waals surface area contributed by atoms with Gasteiger partial charge in [-0.1, -0.05) is 29.7 Å². The van der Waals surface area contributed by atoms with Crippen LogP contribution in [0.1, 0.15) is 37.5 Å². The average molecular weight is 392 g/mol. The highest BCUT2D eigenvalue weighted by Gasteiger charge is 2.34. The van der Waals surface area contributed by atoms with Crippen LogP contribution in [0.4, 0.5) is 10.5 Å². The molecule has 0 bridgehead atoms. The van der Waals surface area contributed by atoms with Gasteiger partial charge >= 0.3 is 6.03 Å². The van der Waals surface area contributed by atoms with Gasteiger partial charge in [-0.15, -0.1) is 0 Å². The van der Waals surface area contributed by atoms with Crippen molar-refractivity contribution in [2.24, 2.45) is 0 Å². The van der Waals surface area contributed by atoms with Crippen molar-refractivity contribution in [2.45, 2.75) is 32.7 Å². The molecule has 2 heterocycles. The SMILES string of the molecule is CCC(=O)N1CCCN(C(=O)Nc2cccc(Cl)c2)CC1c1nc(C)no1. The number of benzene rings is 1. The quantitative estimate of drug-likeness (QED) is 0.867. The summed E-state index contributed by atoms with van der Waals surface area (Å²) in [6.07, 6.45) is 1.04. The van der Waals surface area contributed by atoms with E-state index in [1.807, 2.05) is 6.92 Å². The molecule has 1 atom stereocenters. The molecule has 1 saturated heterocycles. The van der Waals surface area contributed by atoms with Gasteiger partial charge in [0.2, 0.25) is 5.91 Å². The van der Waals surface area contributed by atoms with Crippen molar-refractivity contribution < 1.29 is 14.1 Å². The first-order chi connectivity index (χ1) is 13.0. The van der Waals surface area contributed by atoms with E-state index in [2.05, 4.69) is 15.5 Å². The molecule has 0 spiro atoms. The number of aromatic nitrogens is 2. The Labute approximate surface area is 162 Å². The first kappa shape index (κ1) is 19.2. The van der Waals surface area contributed by atoms with Gasteiger partial charge < -0.3 is 19.6 Å². The summed E-state index contributed by atoms with van der Waals surface area (Å²) in [6.45, 7) is 4.86. The average Bonchev–Trinajstić information content (AvgIpc) is 2.95. The van der Waals surface area contributed by atoms with Gasteiger partial charge in [0.05, 0.1) is 6.54 Å². The van der Waals surface area contributed by atoms with Crippen LogP contribution < -0.4 is 5.32 Å². The molecule has 1 aliphatic rings. The van der Waals surface area contributed by atoms with Crippen molar-refractivity contribution in [3.05, 3.63) is 41.0 Å². The predicted molar refractivity (Wildman–Crippen MR) is 100 cm³/mol. The third-order valence-corrected chi connectivity index (χ3v) is 4.65. The van der Waals surface area contributed by atoms with Crippen LogP contribution in [0.5, 0.6) is 0 Å². The standard InChI is InChI=1S/C18H22ClN5O3/c1-3-16(25)24-9-5-8-23(11-15(24)17-20-12(2)22-27-17)18(26)21-14-7-4-6-13(19)10-14/h4,6-7,10,15H,3,5,8-9,11H2,1-2H3,(H,21,26). The molecule has 1 unspecified atom stereocenters. The predicted octanol–water partition coefficient (Wildman–Crippen LogP) is 3.25. The Balaban J connectivity index is 1.80. The minimum Gasteiger partial charge on any atom is -0.337 e. The maximum Gasteiger partial charge on any atom is 0.321 e. The molecule has 27 heavy (non-hydrogen) atoms. The summed E-state index contributed by atoms with van der Waals surface area (Å²) in [6, 6.07) is 6.24. The normalized spacial score (nSPS) is 17.5. The Morgan fingerprint density at radius 3 is 2.85 bits per heavy atom. The van der Waals surface area contributed by atoms with Gasteiger partial charge in [0, 0.05) is 30.2 Å². The molecule has 1 fully saturated rings. The molecule has 2 aromatic rings. The molecule has 8 nitrogen and oxygen atoms in total. The van der Waals surface area contributed by atoms with Crippen molar-refractivity contribution in [3.8, 4) is 0 Å². The summed E-state index contributed by atoms with van der Waals surface area (Å²) in [5.74, 6) is 0.831. The Morgan fingerprint density at radius 2 is 2.19 bits per heavy atom. The van der Waals surface area contributed by atoms with Crippen molar-refractivity contribution >= 4 is 29.2 Å². The van der Waals surface area contributed by atoms with Crippen LogP contribution in [-0.2, 0) is 4.79 Å². The van der Waals surface area contributed by atoms with Crippen LogP contribution in [0.2, 0.25) is 5.02 Å². The molecule has 3 amide bonds. The number of rotatable bonds is 3. The lowest BCUT2D eigenvalue weighted by molar-refractivity contribution is -0.133. The molecule has 0 radical (unpaired) electrons. The number of aryl methyl sites for hydroxylation is 1. The molecule has 1 aromatic heterocycles. The van der Waals surface area contributed by atoms with E-state index in [0.29, 0.717) is 48.4 Å². The molecule has 0 saturated carbocycles. The topological polar surface area (TPSA) is 91.6 Å². The van der Waals surface area contributed by atoms with Crippen LogP contribution in [-0.4, -0.2) is 51.5 Å². The third kappa shape index (κ3) is 4.57. The number of nitrogens with one attached hydrogen (secondary N) is 1. The second kappa shape index (κ2) is 8.39. The van der Waals surface area contributed by atoms with Crippen LogP contribution in [0.3, 0.4) is 0 Å². The lowest BCUT2D eigenvalue weighted by atomic mass is 10.2. The largest absolute Gasteiger partial charge is 0.337 e. The second-order valence-electron chi connectivity index (χ2n) is 6.38. The van der Waals surface area contributed by atoms with Crippen molar-refractivity contribution in [2.75, 3.05) is 25.0 Å². The second-order valence-corrected chi connectivity index (χ2v) is 6.81. The number of carbonyl (C=O) groups is 2. The monoisotopic (exact) mass is 391 g/mol. The van der Waals surface area contributed by atoms with Gasteiger partial charge in [0.15, 0.2) is 5.82 Å². The van der Waals surface area contributed by atoms with Crippen LogP contribution in [0.25, 0.3) is 0 Å². The van der Waals surface area contributed by atoms with Gasteiger partial charge in [0.25, 0.3) is 5.89 Å². The third-order valence-electron chi connectivity index (χ3n) is 4.41. The van der Waals surface area contributed by atoms with E-state index in [-0.39, 0.29) is 18.5 Å². The zero-order valence-electron chi connectivity index (χ0n) is 15.3. The Hall–Kier alpha value is -2.61. The van der Waals surface area contributed by atoms with Crippen molar-refractivity contribution in [1.82, 2.24) is 19.9 Å². The minimum absolute atomic E-state index is 0.00653.